The van der Waals surface area contributed by atoms with Crippen LogP contribution in [0, 0.1) is 0 Å². The molecule has 0 unspecified atom stereocenters. The molecule has 0 radical (unpaired) electrons. The van der Waals surface area contributed by atoms with Crippen LogP contribution >= 0.6 is 23.2 Å². The first-order chi connectivity index (χ1) is 14.5. The van der Waals surface area contributed by atoms with Crippen LogP contribution in [0.1, 0.15) is 51.2 Å². The third-order valence-electron chi connectivity index (χ3n) is 5.41. The van der Waals surface area contributed by atoms with Gasteiger partial charge in [0.15, 0.2) is 0 Å². The Balaban J connectivity index is 2.00. The number of aliphatic hydroxyl groups excluding tert-OH is 1. The Labute approximate surface area is 189 Å². The zero-order chi connectivity index (χ0) is 21.5. The average molecular weight is 445 g/mol. The second kappa shape index (κ2) is 11.1. The number of fused-ring (bicyclic) bond motifs is 1. The molecule has 1 atom stereocenters. The molecule has 3 nitrogen and oxygen atoms in total. The smallest absolute Gasteiger partial charge is 0.0924 e. The van der Waals surface area contributed by atoms with Crippen molar-refractivity contribution in [1.29, 1.82) is 0 Å². The van der Waals surface area contributed by atoms with E-state index in [-0.39, 0.29) is 0 Å². The van der Waals surface area contributed by atoms with Crippen molar-refractivity contribution in [2.24, 2.45) is 0 Å². The van der Waals surface area contributed by atoms with Crippen molar-refractivity contribution in [2.75, 3.05) is 19.6 Å². The van der Waals surface area contributed by atoms with Crippen LogP contribution in [0.15, 0.2) is 48.5 Å². The Morgan fingerprint density at radius 1 is 0.967 bits per heavy atom. The SMILES string of the molecule is CCCCN(CCCC)C[C@H](O)c1cc(-c2ccc(Cl)cc2)nc2c(Cl)cccc12. The van der Waals surface area contributed by atoms with Gasteiger partial charge in [0.05, 0.1) is 22.3 Å². The summed E-state index contributed by atoms with van der Waals surface area (Å²) in [4.78, 5) is 7.17. The molecule has 1 aromatic heterocycles. The number of rotatable bonds is 10. The van der Waals surface area contributed by atoms with Crippen molar-refractivity contribution >= 4 is 34.1 Å². The number of benzene rings is 2. The van der Waals surface area contributed by atoms with Gasteiger partial charge in [-0.2, -0.15) is 0 Å². The van der Waals surface area contributed by atoms with Gasteiger partial charge in [-0.25, -0.2) is 4.98 Å². The highest BCUT2D eigenvalue weighted by atomic mass is 35.5. The Bertz CT molecular complexity index is 951. The monoisotopic (exact) mass is 444 g/mol. The normalized spacial score (nSPS) is 12.6. The molecule has 0 aliphatic heterocycles. The number of para-hydroxylation sites is 1. The first kappa shape index (κ1) is 23.0. The van der Waals surface area contributed by atoms with Crippen molar-refractivity contribution < 1.29 is 5.11 Å². The number of hydrogen-bond donors (Lipinski definition) is 1. The van der Waals surface area contributed by atoms with Crippen LogP contribution < -0.4 is 0 Å². The zero-order valence-corrected chi connectivity index (χ0v) is 19.3. The van der Waals surface area contributed by atoms with Crippen LogP contribution in [0.3, 0.4) is 0 Å². The molecule has 0 saturated heterocycles. The highest BCUT2D eigenvalue weighted by molar-refractivity contribution is 6.35. The minimum atomic E-state index is -0.617. The van der Waals surface area contributed by atoms with Gasteiger partial charge >= 0.3 is 0 Å². The van der Waals surface area contributed by atoms with E-state index >= 15 is 0 Å². The number of aliphatic hydroxyl groups is 1. The summed E-state index contributed by atoms with van der Waals surface area (Å²) in [5, 5.41) is 13.4. The van der Waals surface area contributed by atoms with Crippen LogP contribution in [0.25, 0.3) is 22.2 Å². The minimum Gasteiger partial charge on any atom is -0.387 e. The minimum absolute atomic E-state index is 0.589. The summed E-state index contributed by atoms with van der Waals surface area (Å²) < 4.78 is 0. The molecule has 0 aliphatic carbocycles. The van der Waals surface area contributed by atoms with Crippen LogP contribution in [0.2, 0.25) is 10.0 Å². The summed E-state index contributed by atoms with van der Waals surface area (Å²) in [5.41, 5.74) is 3.32. The van der Waals surface area contributed by atoms with Crippen LogP contribution in [-0.2, 0) is 0 Å². The van der Waals surface area contributed by atoms with E-state index in [9.17, 15) is 5.11 Å². The lowest BCUT2D eigenvalue weighted by molar-refractivity contribution is 0.112. The predicted octanol–water partition coefficient (Wildman–Crippen LogP) is 7.14. The van der Waals surface area contributed by atoms with Gasteiger partial charge in [0.1, 0.15) is 0 Å². The second-order valence-corrected chi connectivity index (χ2v) is 8.61. The Morgan fingerprint density at radius 3 is 2.27 bits per heavy atom. The standard InChI is InChI=1S/C25H30Cl2N2O/c1-3-5-14-29(15-6-4-2)17-24(30)21-16-23(18-10-12-19(26)13-11-18)28-25-20(21)8-7-9-22(25)27/h7-13,16,24,30H,3-6,14-15,17H2,1-2H3/t24-/m0/s1. The summed E-state index contributed by atoms with van der Waals surface area (Å²) in [6.45, 7) is 7.00. The van der Waals surface area contributed by atoms with Gasteiger partial charge < -0.3 is 10.0 Å². The van der Waals surface area contributed by atoms with Crippen molar-refractivity contribution in [3.63, 3.8) is 0 Å². The number of unbranched alkanes of at least 4 members (excludes halogenated alkanes) is 2. The molecule has 0 bridgehead atoms. The number of hydrogen-bond acceptors (Lipinski definition) is 3. The maximum absolute atomic E-state index is 11.3. The van der Waals surface area contributed by atoms with Crippen molar-refractivity contribution in [3.05, 3.63) is 64.1 Å². The average Bonchev–Trinajstić information content (AvgIpc) is 2.75. The molecule has 0 aliphatic rings. The molecule has 3 aromatic rings. The molecular formula is C25H30Cl2N2O. The molecular weight excluding hydrogens is 415 g/mol. The fraction of sp³-hybridized carbons (Fsp3) is 0.400. The van der Waals surface area contributed by atoms with E-state index in [1.165, 1.54) is 0 Å². The van der Waals surface area contributed by atoms with Crippen molar-refractivity contribution in [2.45, 2.75) is 45.6 Å². The topological polar surface area (TPSA) is 36.4 Å². The quantitative estimate of drug-likeness (QED) is 0.360. The third kappa shape index (κ3) is 5.73. The lowest BCUT2D eigenvalue weighted by Gasteiger charge is -2.26. The van der Waals surface area contributed by atoms with Gasteiger partial charge in [0.25, 0.3) is 0 Å². The molecule has 0 saturated carbocycles. The van der Waals surface area contributed by atoms with E-state index in [0.717, 1.165) is 61.0 Å². The number of halogens is 2. The fourth-order valence-corrected chi connectivity index (χ4v) is 4.03. The molecule has 0 fully saturated rings. The lowest BCUT2D eigenvalue weighted by atomic mass is 9.99. The highest BCUT2D eigenvalue weighted by Crippen LogP contribution is 2.33. The molecule has 160 valence electrons. The van der Waals surface area contributed by atoms with E-state index in [0.29, 0.717) is 22.1 Å². The van der Waals surface area contributed by atoms with Gasteiger partial charge in [-0.1, -0.05) is 74.2 Å². The van der Waals surface area contributed by atoms with Gasteiger partial charge in [0, 0.05) is 22.5 Å². The molecule has 0 spiro atoms. The Morgan fingerprint density at radius 2 is 1.63 bits per heavy atom. The molecule has 3 rings (SSSR count). The fourth-order valence-electron chi connectivity index (χ4n) is 3.68. The third-order valence-corrected chi connectivity index (χ3v) is 5.97. The van der Waals surface area contributed by atoms with Crippen molar-refractivity contribution in [3.8, 4) is 11.3 Å². The zero-order valence-electron chi connectivity index (χ0n) is 17.7. The molecule has 2 aromatic carbocycles. The van der Waals surface area contributed by atoms with E-state index in [1.54, 1.807) is 0 Å². The molecule has 0 amide bonds. The Kier molecular flexibility index (Phi) is 8.52. The van der Waals surface area contributed by atoms with Crippen LogP contribution in [0.5, 0.6) is 0 Å². The van der Waals surface area contributed by atoms with E-state index in [1.807, 2.05) is 48.5 Å². The first-order valence-corrected chi connectivity index (χ1v) is 11.5. The van der Waals surface area contributed by atoms with Crippen LogP contribution in [0.4, 0.5) is 0 Å². The van der Waals surface area contributed by atoms with E-state index in [4.69, 9.17) is 28.2 Å². The van der Waals surface area contributed by atoms with E-state index in [2.05, 4.69) is 18.7 Å². The Hall–Kier alpha value is -1.65. The number of pyridine rings is 1. The summed E-state index contributed by atoms with van der Waals surface area (Å²) in [7, 11) is 0. The van der Waals surface area contributed by atoms with Crippen molar-refractivity contribution in [1.82, 2.24) is 9.88 Å². The van der Waals surface area contributed by atoms with Gasteiger partial charge in [-0.15, -0.1) is 0 Å². The predicted molar refractivity (Wildman–Crippen MR) is 128 cm³/mol. The van der Waals surface area contributed by atoms with Gasteiger partial charge in [-0.05, 0) is 55.8 Å². The van der Waals surface area contributed by atoms with E-state index < -0.39 is 6.10 Å². The summed E-state index contributed by atoms with van der Waals surface area (Å²) >= 11 is 12.5. The lowest BCUT2D eigenvalue weighted by Crippen LogP contribution is -2.31. The molecule has 30 heavy (non-hydrogen) atoms. The highest BCUT2D eigenvalue weighted by Gasteiger charge is 2.19. The summed E-state index contributed by atoms with van der Waals surface area (Å²) in [6, 6.07) is 15.3. The van der Waals surface area contributed by atoms with Gasteiger partial charge in [-0.3, -0.25) is 0 Å². The summed E-state index contributed by atoms with van der Waals surface area (Å²) in [6.07, 6.45) is 3.94. The van der Waals surface area contributed by atoms with Crippen LogP contribution in [-0.4, -0.2) is 34.6 Å². The maximum Gasteiger partial charge on any atom is 0.0924 e. The number of aromatic nitrogens is 1. The maximum atomic E-state index is 11.3. The van der Waals surface area contributed by atoms with Gasteiger partial charge in [0.2, 0.25) is 0 Å². The summed E-state index contributed by atoms with van der Waals surface area (Å²) in [5.74, 6) is 0. The molecule has 1 heterocycles. The number of nitrogens with zero attached hydrogens (tertiary/aromatic N) is 2. The second-order valence-electron chi connectivity index (χ2n) is 7.76. The molecule has 5 heteroatoms. The molecule has 1 N–H and O–H groups in total. The largest absolute Gasteiger partial charge is 0.387 e. The first-order valence-electron chi connectivity index (χ1n) is 10.8.